The molecule has 0 atom stereocenters. The normalized spacial score (nSPS) is 18.9. The first-order chi connectivity index (χ1) is 6.93. The molecule has 1 aromatic carbocycles. The maximum atomic E-state index is 11.7. The molecule has 0 N–H and O–H groups in total. The zero-order valence-corrected chi connectivity index (χ0v) is 9.77. The van der Waals surface area contributed by atoms with Crippen LogP contribution in [0.5, 0.6) is 0 Å². The molecule has 0 radical (unpaired) electrons. The van der Waals surface area contributed by atoms with Crippen molar-refractivity contribution in [3.05, 3.63) is 34.9 Å². The van der Waals surface area contributed by atoms with Gasteiger partial charge in [0.1, 0.15) is 0 Å². The Morgan fingerprint density at radius 2 is 1.87 bits per heavy atom. The molecule has 1 aliphatic heterocycles. The lowest BCUT2D eigenvalue weighted by Gasteiger charge is -2.29. The minimum atomic E-state index is -0.554. The van der Waals surface area contributed by atoms with Gasteiger partial charge < -0.3 is 0 Å². The number of carbonyl (C=O) groups excluding carboxylic acids is 2. The summed E-state index contributed by atoms with van der Waals surface area (Å²) in [6, 6.07) is 5.69. The van der Waals surface area contributed by atoms with E-state index in [4.69, 9.17) is 0 Å². The molecule has 3 heteroatoms. The van der Waals surface area contributed by atoms with Crippen LogP contribution in [0, 0.1) is 6.92 Å². The summed E-state index contributed by atoms with van der Waals surface area (Å²) in [7, 11) is 0. The first-order valence-electron chi connectivity index (χ1n) is 4.80. The summed E-state index contributed by atoms with van der Waals surface area (Å²) in [5.41, 5.74) is 2.03. The van der Waals surface area contributed by atoms with Crippen molar-refractivity contribution in [3.8, 4) is 0 Å². The molecule has 0 spiro atoms. The Morgan fingerprint density at radius 3 is 2.53 bits per heavy atom. The average Bonchev–Trinajstić information content (AvgIpc) is 2.15. The number of hydrogen-bond donors (Lipinski definition) is 0. The fraction of sp³-hybridized carbons (Fsp3) is 0.333. The fourth-order valence-electron chi connectivity index (χ4n) is 1.75. The Hall–Kier alpha value is -1.09. The summed E-state index contributed by atoms with van der Waals surface area (Å²) < 4.78 is 0. The van der Waals surface area contributed by atoms with Crippen molar-refractivity contribution in [1.29, 1.82) is 0 Å². The molecule has 0 saturated heterocycles. The number of thioether (sulfide) groups is 1. The SMILES string of the molecule is Cc1ccc2c(c1)C(=O)SC(=O)C2(C)C. The molecular weight excluding hydrogens is 208 g/mol. The van der Waals surface area contributed by atoms with E-state index in [2.05, 4.69) is 0 Å². The molecule has 78 valence electrons. The van der Waals surface area contributed by atoms with Crippen molar-refractivity contribution in [2.75, 3.05) is 0 Å². The molecule has 0 bridgehead atoms. The third-order valence-corrected chi connectivity index (χ3v) is 3.87. The number of rotatable bonds is 0. The Balaban J connectivity index is 2.70. The summed E-state index contributed by atoms with van der Waals surface area (Å²) in [5, 5.41) is -0.193. The molecule has 15 heavy (non-hydrogen) atoms. The van der Waals surface area contributed by atoms with Crippen LogP contribution < -0.4 is 0 Å². The van der Waals surface area contributed by atoms with Crippen LogP contribution >= 0.6 is 11.8 Å². The van der Waals surface area contributed by atoms with Crippen molar-refractivity contribution in [2.45, 2.75) is 26.2 Å². The van der Waals surface area contributed by atoms with Crippen LogP contribution in [-0.4, -0.2) is 10.2 Å². The minimum absolute atomic E-state index is 0.0659. The van der Waals surface area contributed by atoms with E-state index >= 15 is 0 Å². The number of fused-ring (bicyclic) bond motifs is 1. The van der Waals surface area contributed by atoms with Crippen molar-refractivity contribution in [3.63, 3.8) is 0 Å². The van der Waals surface area contributed by atoms with Gasteiger partial charge in [-0.2, -0.15) is 0 Å². The van der Waals surface area contributed by atoms with Gasteiger partial charge >= 0.3 is 0 Å². The summed E-state index contributed by atoms with van der Waals surface area (Å²) in [4.78, 5) is 23.4. The second-order valence-electron chi connectivity index (χ2n) is 4.35. The van der Waals surface area contributed by atoms with Gasteiger partial charge in [-0.05, 0) is 44.2 Å². The monoisotopic (exact) mass is 220 g/mol. The van der Waals surface area contributed by atoms with E-state index in [0.29, 0.717) is 5.56 Å². The first-order valence-corrected chi connectivity index (χ1v) is 5.62. The zero-order chi connectivity index (χ0) is 11.2. The van der Waals surface area contributed by atoms with Crippen LogP contribution in [0.2, 0.25) is 0 Å². The molecule has 2 rings (SSSR count). The maximum Gasteiger partial charge on any atom is 0.227 e. The largest absolute Gasteiger partial charge is 0.286 e. The van der Waals surface area contributed by atoms with Crippen molar-refractivity contribution < 1.29 is 9.59 Å². The van der Waals surface area contributed by atoms with Crippen LogP contribution in [0.15, 0.2) is 18.2 Å². The van der Waals surface area contributed by atoms with Crippen molar-refractivity contribution in [1.82, 2.24) is 0 Å². The maximum absolute atomic E-state index is 11.7. The topological polar surface area (TPSA) is 34.1 Å². The number of hydrogen-bond acceptors (Lipinski definition) is 3. The van der Waals surface area contributed by atoms with Crippen LogP contribution in [0.3, 0.4) is 0 Å². The van der Waals surface area contributed by atoms with E-state index in [1.165, 1.54) is 0 Å². The Bertz CT molecular complexity index is 461. The highest BCUT2D eigenvalue weighted by atomic mass is 32.2. The zero-order valence-electron chi connectivity index (χ0n) is 8.96. The van der Waals surface area contributed by atoms with Gasteiger partial charge in [0, 0.05) is 5.56 Å². The summed E-state index contributed by atoms with van der Waals surface area (Å²) in [5.74, 6) is 0. The molecule has 0 unspecified atom stereocenters. The Morgan fingerprint density at radius 1 is 1.20 bits per heavy atom. The standard InChI is InChI=1S/C12H12O2S/c1-7-4-5-9-8(6-7)10(13)15-11(14)12(9,2)3/h4-6H,1-3H3. The number of aryl methyl sites for hydroxylation is 1. The minimum Gasteiger partial charge on any atom is -0.286 e. The van der Waals surface area contributed by atoms with Crippen LogP contribution in [-0.2, 0) is 10.2 Å². The molecule has 0 fully saturated rings. The van der Waals surface area contributed by atoms with E-state index < -0.39 is 5.41 Å². The van der Waals surface area contributed by atoms with Crippen molar-refractivity contribution >= 4 is 22.0 Å². The third-order valence-electron chi connectivity index (χ3n) is 2.76. The molecular formula is C12H12O2S. The van der Waals surface area contributed by atoms with Crippen molar-refractivity contribution in [2.24, 2.45) is 0 Å². The van der Waals surface area contributed by atoms with Gasteiger partial charge in [-0.25, -0.2) is 0 Å². The van der Waals surface area contributed by atoms with Gasteiger partial charge in [-0.1, -0.05) is 17.7 Å². The van der Waals surface area contributed by atoms with Crippen LogP contribution in [0.4, 0.5) is 0 Å². The van der Waals surface area contributed by atoms with E-state index in [9.17, 15) is 9.59 Å². The van der Waals surface area contributed by atoms with Gasteiger partial charge in [0.2, 0.25) is 10.2 Å². The average molecular weight is 220 g/mol. The number of benzene rings is 1. The fourth-order valence-corrected chi connectivity index (χ4v) is 2.56. The Kier molecular flexibility index (Phi) is 2.23. The van der Waals surface area contributed by atoms with Gasteiger partial charge in [-0.15, -0.1) is 0 Å². The third kappa shape index (κ3) is 1.51. The van der Waals surface area contributed by atoms with Gasteiger partial charge in [-0.3, -0.25) is 9.59 Å². The molecule has 2 nitrogen and oxygen atoms in total. The molecule has 1 aromatic rings. The summed E-state index contributed by atoms with van der Waals surface area (Å²) in [6.45, 7) is 5.67. The highest BCUT2D eigenvalue weighted by Crippen LogP contribution is 2.39. The molecule has 0 saturated carbocycles. The van der Waals surface area contributed by atoms with Gasteiger partial charge in [0.05, 0.1) is 5.41 Å². The predicted octanol–water partition coefficient (Wildman–Crippen LogP) is 2.69. The summed E-state index contributed by atoms with van der Waals surface area (Å²) in [6.07, 6.45) is 0. The smallest absolute Gasteiger partial charge is 0.227 e. The lowest BCUT2D eigenvalue weighted by atomic mass is 9.82. The van der Waals surface area contributed by atoms with Gasteiger partial charge in [0.15, 0.2) is 0 Å². The predicted molar refractivity (Wildman–Crippen MR) is 61.1 cm³/mol. The molecule has 1 aliphatic rings. The van der Waals surface area contributed by atoms with E-state index in [1.54, 1.807) is 0 Å². The van der Waals surface area contributed by atoms with Crippen LogP contribution in [0.25, 0.3) is 0 Å². The highest BCUT2D eigenvalue weighted by molar-refractivity contribution is 8.26. The lowest BCUT2D eigenvalue weighted by molar-refractivity contribution is -0.114. The molecule has 0 aromatic heterocycles. The van der Waals surface area contributed by atoms with E-state index in [0.717, 1.165) is 22.9 Å². The summed E-state index contributed by atoms with van der Waals surface area (Å²) >= 11 is 0.822. The quantitative estimate of drug-likeness (QED) is 0.674. The highest BCUT2D eigenvalue weighted by Gasteiger charge is 2.39. The lowest BCUT2D eigenvalue weighted by Crippen LogP contribution is -2.33. The first kappa shape index (κ1) is 10.4. The molecule has 0 aliphatic carbocycles. The second kappa shape index (κ2) is 3.20. The second-order valence-corrected chi connectivity index (χ2v) is 5.30. The van der Waals surface area contributed by atoms with E-state index in [1.807, 2.05) is 39.0 Å². The van der Waals surface area contributed by atoms with Crippen LogP contribution in [0.1, 0.15) is 35.3 Å². The number of carbonyl (C=O) groups is 2. The van der Waals surface area contributed by atoms with E-state index in [-0.39, 0.29) is 10.2 Å². The molecule has 0 amide bonds. The molecule has 1 heterocycles. The van der Waals surface area contributed by atoms with Gasteiger partial charge in [0.25, 0.3) is 0 Å². The Labute approximate surface area is 93.1 Å².